The number of phosphoric ester groups is 1. The maximum absolute atomic E-state index is 11.8. The molecule has 25 heavy (non-hydrogen) atoms. The molecular formula is C13H20N2O9P-. The van der Waals surface area contributed by atoms with E-state index in [0.717, 1.165) is 4.57 Å². The van der Waals surface area contributed by atoms with Gasteiger partial charge in [-0.05, 0) is 13.3 Å². The second-order valence-electron chi connectivity index (χ2n) is 5.55. The second-order valence-corrected chi connectivity index (χ2v) is 6.85. The second kappa shape index (κ2) is 8.37. The molecule has 0 spiro atoms. The Morgan fingerprint density at radius 2 is 2.24 bits per heavy atom. The molecule has 1 aromatic rings. The van der Waals surface area contributed by atoms with Crippen molar-refractivity contribution in [2.45, 2.75) is 45.1 Å². The predicted octanol–water partition coefficient (Wildman–Crippen LogP) is -0.663. The van der Waals surface area contributed by atoms with Gasteiger partial charge in [-0.2, -0.15) is 4.67 Å². The van der Waals surface area contributed by atoms with Crippen molar-refractivity contribution in [3.05, 3.63) is 32.6 Å². The van der Waals surface area contributed by atoms with Crippen molar-refractivity contribution in [3.63, 3.8) is 0 Å². The standard InChI is InChI=1S/C13H21N2O9P/c1-3-4-21-24-25(19,20)22-7-10-9(16)5-11(23-10)15-6-8(2)12(17)14-13(15)18/h6,9-11,16H,3-5,7H2,1-2H3,(H,19,20)(H,14,17,18)/p-1. The van der Waals surface area contributed by atoms with E-state index < -0.39 is 44.1 Å². The van der Waals surface area contributed by atoms with Crippen molar-refractivity contribution in [3.8, 4) is 0 Å². The lowest BCUT2D eigenvalue weighted by Gasteiger charge is -2.23. The smallest absolute Gasteiger partial charge is 0.330 e. The quantitative estimate of drug-likeness (QED) is 0.259. The van der Waals surface area contributed by atoms with Crippen LogP contribution in [0, 0.1) is 6.92 Å². The van der Waals surface area contributed by atoms with Crippen LogP contribution in [0.5, 0.6) is 0 Å². The molecule has 1 aromatic heterocycles. The van der Waals surface area contributed by atoms with Gasteiger partial charge in [-0.25, -0.2) is 9.68 Å². The number of aromatic nitrogens is 2. The third-order valence-electron chi connectivity index (χ3n) is 3.49. The molecule has 2 rings (SSSR count). The predicted molar refractivity (Wildman–Crippen MR) is 81.5 cm³/mol. The number of aliphatic hydroxyl groups excluding tert-OH is 1. The third kappa shape index (κ3) is 5.32. The lowest BCUT2D eigenvalue weighted by molar-refractivity contribution is -0.307. The van der Waals surface area contributed by atoms with E-state index >= 15 is 0 Å². The van der Waals surface area contributed by atoms with Gasteiger partial charge in [0.2, 0.25) is 0 Å². The SMILES string of the molecule is CCCOOP(=O)([O-])OCC1OC(n2cc(C)c(=O)[nH]c2=O)CC1O. The summed E-state index contributed by atoms with van der Waals surface area (Å²) in [6, 6.07) is 0. The van der Waals surface area contributed by atoms with E-state index in [0.29, 0.717) is 12.0 Å². The first kappa shape index (κ1) is 20.0. The Balaban J connectivity index is 1.97. The van der Waals surface area contributed by atoms with Crippen molar-refractivity contribution in [2.75, 3.05) is 13.2 Å². The molecule has 11 nitrogen and oxygen atoms in total. The summed E-state index contributed by atoms with van der Waals surface area (Å²) in [7, 11) is -4.70. The Hall–Kier alpha value is -1.33. The minimum Gasteiger partial charge on any atom is -0.754 e. The maximum Gasteiger partial charge on any atom is 0.330 e. The van der Waals surface area contributed by atoms with Gasteiger partial charge in [0.15, 0.2) is 0 Å². The molecule has 1 fully saturated rings. The van der Waals surface area contributed by atoms with E-state index in [2.05, 4.69) is 19.1 Å². The number of nitrogens with zero attached hydrogens (tertiary/aromatic N) is 1. The van der Waals surface area contributed by atoms with Gasteiger partial charge in [-0.1, -0.05) is 6.92 Å². The maximum atomic E-state index is 11.8. The van der Waals surface area contributed by atoms with Crippen LogP contribution in [-0.4, -0.2) is 40.1 Å². The summed E-state index contributed by atoms with van der Waals surface area (Å²) in [5.41, 5.74) is -0.917. The molecule has 4 atom stereocenters. The fraction of sp³-hybridized carbons (Fsp3) is 0.692. The topological polar surface area (TPSA) is 152 Å². The summed E-state index contributed by atoms with van der Waals surface area (Å²) >= 11 is 0. The van der Waals surface area contributed by atoms with Crippen LogP contribution in [0.2, 0.25) is 0 Å². The van der Waals surface area contributed by atoms with Gasteiger partial charge < -0.3 is 19.3 Å². The van der Waals surface area contributed by atoms with E-state index in [1.807, 2.05) is 0 Å². The molecule has 2 N–H and O–H groups in total. The molecule has 0 radical (unpaired) electrons. The lowest BCUT2D eigenvalue weighted by atomic mass is 10.2. The summed E-state index contributed by atoms with van der Waals surface area (Å²) in [4.78, 5) is 41.3. The van der Waals surface area contributed by atoms with Crippen LogP contribution in [-0.2, 0) is 23.4 Å². The molecule has 0 aliphatic carbocycles. The Labute approximate surface area is 142 Å². The highest BCUT2D eigenvalue weighted by Gasteiger charge is 2.36. The number of hydrogen-bond acceptors (Lipinski definition) is 9. The number of H-pyrrole nitrogens is 1. The van der Waals surface area contributed by atoms with E-state index in [1.165, 1.54) is 13.1 Å². The molecule has 0 bridgehead atoms. The molecule has 0 saturated carbocycles. The first-order chi connectivity index (χ1) is 11.7. The Kier molecular flexibility index (Phi) is 6.69. The largest absolute Gasteiger partial charge is 0.754 e. The first-order valence-corrected chi connectivity index (χ1v) is 9.12. The zero-order valence-corrected chi connectivity index (χ0v) is 14.6. The van der Waals surface area contributed by atoms with E-state index in [4.69, 9.17) is 4.74 Å². The van der Waals surface area contributed by atoms with Crippen molar-refractivity contribution in [2.24, 2.45) is 0 Å². The van der Waals surface area contributed by atoms with Gasteiger partial charge in [0.1, 0.15) is 12.3 Å². The molecule has 4 unspecified atom stereocenters. The number of nitrogens with one attached hydrogen (secondary N) is 1. The number of aromatic amines is 1. The monoisotopic (exact) mass is 379 g/mol. The molecule has 0 aromatic carbocycles. The van der Waals surface area contributed by atoms with Crippen LogP contribution in [0.4, 0.5) is 0 Å². The van der Waals surface area contributed by atoms with Crippen molar-refractivity contribution >= 4 is 7.82 Å². The van der Waals surface area contributed by atoms with Gasteiger partial charge in [-0.3, -0.25) is 18.9 Å². The summed E-state index contributed by atoms with van der Waals surface area (Å²) in [5.74, 6) is 0. The molecule has 1 saturated heterocycles. The summed E-state index contributed by atoms with van der Waals surface area (Å²) in [5, 5.41) is 9.99. The minimum absolute atomic E-state index is 0.0236. The zero-order valence-electron chi connectivity index (χ0n) is 13.7. The van der Waals surface area contributed by atoms with Gasteiger partial charge >= 0.3 is 5.69 Å². The zero-order chi connectivity index (χ0) is 18.6. The van der Waals surface area contributed by atoms with Crippen LogP contribution in [0.3, 0.4) is 0 Å². The first-order valence-electron chi connectivity index (χ1n) is 7.66. The number of aryl methyl sites for hydroxylation is 1. The number of phosphoric acid groups is 1. The Morgan fingerprint density at radius 3 is 2.92 bits per heavy atom. The summed E-state index contributed by atoms with van der Waals surface area (Å²) in [6.07, 6.45) is -1.05. The molecule has 0 amide bonds. The van der Waals surface area contributed by atoms with Gasteiger partial charge in [0.25, 0.3) is 13.4 Å². The van der Waals surface area contributed by atoms with Crippen LogP contribution in [0.25, 0.3) is 0 Å². The molecule has 142 valence electrons. The van der Waals surface area contributed by atoms with Gasteiger partial charge in [0.05, 0.1) is 19.3 Å². The van der Waals surface area contributed by atoms with Crippen LogP contribution in [0.15, 0.2) is 15.8 Å². The Bertz CT molecular complexity index is 746. The van der Waals surface area contributed by atoms with Crippen LogP contribution >= 0.6 is 7.82 Å². The third-order valence-corrected chi connectivity index (χ3v) is 4.24. The van der Waals surface area contributed by atoms with E-state index in [9.17, 15) is 24.2 Å². The normalized spacial score (nSPS) is 25.8. The number of aliphatic hydroxyl groups is 1. The summed E-state index contributed by atoms with van der Waals surface area (Å²) < 4.78 is 26.9. The Morgan fingerprint density at radius 1 is 1.52 bits per heavy atom. The average molecular weight is 379 g/mol. The molecule has 1 aliphatic rings. The molecule has 2 heterocycles. The highest BCUT2D eigenvalue weighted by molar-refractivity contribution is 7.45. The van der Waals surface area contributed by atoms with E-state index in [1.54, 1.807) is 6.92 Å². The van der Waals surface area contributed by atoms with Crippen LogP contribution < -0.4 is 16.1 Å². The van der Waals surface area contributed by atoms with Crippen LogP contribution in [0.1, 0.15) is 31.6 Å². The fourth-order valence-electron chi connectivity index (χ4n) is 2.21. The fourth-order valence-corrected chi connectivity index (χ4v) is 2.78. The molecule has 1 aliphatic heterocycles. The number of hydrogen-bond donors (Lipinski definition) is 2. The molecule has 12 heteroatoms. The lowest BCUT2D eigenvalue weighted by Crippen LogP contribution is -2.33. The molecular weight excluding hydrogens is 359 g/mol. The summed E-state index contributed by atoms with van der Waals surface area (Å²) in [6.45, 7) is 2.85. The number of rotatable bonds is 8. The highest BCUT2D eigenvalue weighted by Crippen LogP contribution is 2.40. The minimum atomic E-state index is -4.70. The van der Waals surface area contributed by atoms with Crippen molar-refractivity contribution in [1.29, 1.82) is 0 Å². The van der Waals surface area contributed by atoms with Crippen molar-refractivity contribution in [1.82, 2.24) is 9.55 Å². The van der Waals surface area contributed by atoms with Gasteiger partial charge in [-0.15, -0.1) is 0 Å². The van der Waals surface area contributed by atoms with E-state index in [-0.39, 0.29) is 13.0 Å². The van der Waals surface area contributed by atoms with Gasteiger partial charge in [0, 0.05) is 18.2 Å². The number of ether oxygens (including phenoxy) is 1. The van der Waals surface area contributed by atoms with Crippen molar-refractivity contribution < 1.29 is 33.4 Å². The average Bonchev–Trinajstić information content (AvgIpc) is 2.90. The highest BCUT2D eigenvalue weighted by atomic mass is 31.2.